The molecule has 3 unspecified atom stereocenters. The first-order valence-electron chi connectivity index (χ1n) is 38.2. The van der Waals surface area contributed by atoms with E-state index in [2.05, 4.69) is 91.8 Å². The number of hydrogen-bond acceptors (Lipinski definition) is 18. The van der Waals surface area contributed by atoms with Crippen LogP contribution in [0.1, 0.15) is 119 Å². The molecule has 6 heterocycles. The van der Waals surface area contributed by atoms with E-state index in [4.69, 9.17) is 52.4 Å². The molecule has 0 radical (unpaired) electrons. The van der Waals surface area contributed by atoms with Gasteiger partial charge in [-0.05, 0) is 139 Å². The lowest BCUT2D eigenvalue weighted by Gasteiger charge is -2.15. The maximum atomic E-state index is 10.5. The van der Waals surface area contributed by atoms with Crippen LogP contribution in [-0.4, -0.2) is 80.0 Å². The number of aromatic hydroxyl groups is 3. The number of rotatable bonds is 27. The predicted octanol–water partition coefficient (Wildman–Crippen LogP) is 23.4. The van der Waals surface area contributed by atoms with Crippen LogP contribution < -0.4 is 14.2 Å². The number of phenols is 3. The van der Waals surface area contributed by atoms with Crippen LogP contribution in [0.25, 0.3) is 145 Å². The van der Waals surface area contributed by atoms with Crippen molar-refractivity contribution < 1.29 is 42.8 Å². The summed E-state index contributed by atoms with van der Waals surface area (Å²) < 4.78 is 36.9. The van der Waals surface area contributed by atoms with Crippen molar-refractivity contribution in [3.8, 4) is 104 Å². The molecule has 3 N–H and O–H groups in total. The monoisotopic (exact) mass is 1450 g/mol. The number of benzene rings is 10. The third-order valence-corrected chi connectivity index (χ3v) is 20.1. The maximum absolute atomic E-state index is 10.5. The molecule has 0 spiro atoms. The molecule has 16 rings (SSSR count). The fourth-order valence-corrected chi connectivity index (χ4v) is 13.7. The minimum Gasteiger partial charge on any atom is -0.507 e. The molecule has 0 bridgehead atoms. The van der Waals surface area contributed by atoms with Gasteiger partial charge in [0.2, 0.25) is 0 Å². The number of aromatic nitrogens is 9. The molecule has 0 aliphatic rings. The molecule has 0 saturated carbocycles. The SMILES string of the molecule is CCCCC(CC)COc1nc(-c2ccc3oc4cc5ccccc5cc4c3c2)nc(-c2ccccc2O)n1.CCCCC(CC)COc1nc(-c2ccccc2O)nc(-c2cccc3c2oc2ccccc23)n1.CCCCC(CC)COc1nc(-c2ccccc2O)nc(-c2cccc3oc4ccccc4c23)n1. The van der Waals surface area contributed by atoms with Crippen LogP contribution in [0.4, 0.5) is 0 Å². The molecule has 0 amide bonds. The average Bonchev–Trinajstić information content (AvgIpc) is 1.64. The summed E-state index contributed by atoms with van der Waals surface area (Å²) in [6.45, 7) is 14.8. The molecule has 16 aromatic rings. The van der Waals surface area contributed by atoms with E-state index in [0.29, 0.717) is 94.8 Å². The number of fused-ring (bicyclic) bond motifs is 10. The second-order valence-electron chi connectivity index (χ2n) is 27.6. The van der Waals surface area contributed by atoms with E-state index in [0.717, 1.165) is 145 Å². The molecule has 6 aromatic heterocycles. The largest absolute Gasteiger partial charge is 0.507 e. The van der Waals surface area contributed by atoms with E-state index < -0.39 is 0 Å². The Bertz CT molecular complexity index is 5810. The van der Waals surface area contributed by atoms with Gasteiger partial charge in [0.25, 0.3) is 0 Å². The summed E-state index contributed by atoms with van der Waals surface area (Å²) in [7, 11) is 0. The van der Waals surface area contributed by atoms with Gasteiger partial charge in [-0.3, -0.25) is 0 Å². The van der Waals surface area contributed by atoms with Gasteiger partial charge in [0.15, 0.2) is 34.9 Å². The lowest BCUT2D eigenvalue weighted by atomic mass is 10.0. The number of hydrogen-bond donors (Lipinski definition) is 3. The zero-order valence-corrected chi connectivity index (χ0v) is 62.4. The van der Waals surface area contributed by atoms with Gasteiger partial charge < -0.3 is 42.8 Å². The Morgan fingerprint density at radius 1 is 0.303 bits per heavy atom. The Morgan fingerprint density at radius 3 is 1.20 bits per heavy atom. The van der Waals surface area contributed by atoms with Crippen LogP contribution in [0.3, 0.4) is 0 Å². The Morgan fingerprint density at radius 2 is 0.679 bits per heavy atom. The van der Waals surface area contributed by atoms with Crippen molar-refractivity contribution in [2.45, 2.75) is 119 Å². The molecule has 0 fully saturated rings. The second-order valence-corrected chi connectivity index (χ2v) is 27.6. The van der Waals surface area contributed by atoms with Crippen LogP contribution in [0, 0.1) is 17.8 Å². The van der Waals surface area contributed by atoms with E-state index >= 15 is 0 Å². The summed E-state index contributed by atoms with van der Waals surface area (Å²) in [5.74, 6) is 4.13. The number of phenolic OH excluding ortho intramolecular Hbond substituents is 3. The summed E-state index contributed by atoms with van der Waals surface area (Å²) in [4.78, 5) is 42.1. The van der Waals surface area contributed by atoms with Crippen molar-refractivity contribution in [1.82, 2.24) is 44.9 Å². The summed E-state index contributed by atoms with van der Waals surface area (Å²) in [5, 5.41) is 39.8. The third kappa shape index (κ3) is 16.8. The zero-order chi connectivity index (χ0) is 75.2. The van der Waals surface area contributed by atoms with Crippen molar-refractivity contribution in [1.29, 1.82) is 0 Å². The fourth-order valence-electron chi connectivity index (χ4n) is 13.7. The molecule has 552 valence electrons. The Labute approximate surface area is 633 Å². The number of furan rings is 3. The molecule has 18 heteroatoms. The molecule has 0 aliphatic heterocycles. The first kappa shape index (κ1) is 73.6. The van der Waals surface area contributed by atoms with Gasteiger partial charge in [0.1, 0.15) is 50.7 Å². The number of para-hydroxylation sites is 6. The Balaban J connectivity index is 0.000000137. The minimum absolute atomic E-state index is 0.104. The average molecular weight is 1450 g/mol. The number of unbranched alkanes of at least 4 members (excludes halogenated alkanes) is 3. The quantitative estimate of drug-likeness (QED) is 0.0433. The van der Waals surface area contributed by atoms with Gasteiger partial charge in [0, 0.05) is 43.4 Å². The summed E-state index contributed by atoms with van der Waals surface area (Å²) >= 11 is 0. The van der Waals surface area contributed by atoms with E-state index in [1.54, 1.807) is 54.6 Å². The van der Waals surface area contributed by atoms with Crippen molar-refractivity contribution in [2.75, 3.05) is 19.8 Å². The van der Waals surface area contributed by atoms with Gasteiger partial charge in [-0.25, -0.2) is 15.0 Å². The minimum atomic E-state index is 0.104. The zero-order valence-electron chi connectivity index (χ0n) is 62.4. The van der Waals surface area contributed by atoms with Crippen LogP contribution in [0.2, 0.25) is 0 Å². The molecule has 10 aromatic carbocycles. The van der Waals surface area contributed by atoms with E-state index in [9.17, 15) is 15.3 Å². The maximum Gasteiger partial charge on any atom is 0.320 e. The fraction of sp³-hybridized carbons (Fsp3) is 0.264. The third-order valence-electron chi connectivity index (χ3n) is 20.1. The summed E-state index contributed by atoms with van der Waals surface area (Å²) in [5.41, 5.74) is 8.72. The Hall–Kier alpha value is -12.3. The normalized spacial score (nSPS) is 12.3. The van der Waals surface area contributed by atoms with Gasteiger partial charge in [-0.2, -0.15) is 29.9 Å². The van der Waals surface area contributed by atoms with Crippen LogP contribution in [-0.2, 0) is 0 Å². The number of nitrogens with zero attached hydrogens (tertiary/aromatic N) is 9. The highest BCUT2D eigenvalue weighted by atomic mass is 16.5. The molecule has 18 nitrogen and oxygen atoms in total. The molecule has 0 aliphatic carbocycles. The standard InChI is InChI=1S/C33H31N3O3.2C29H29N3O3/c1-3-5-10-21(4-2)20-38-33-35-31(34-32(36-33)25-13-8-9-14-28(25)37)24-15-16-29-26(18-24)27-17-22-11-6-7-12-23(22)19-30(27)39-29;1-3-5-11-19(4-2)18-34-29-31-27(22-13-6-8-16-24(22)33)30-28(32-29)23-15-10-14-21-20-12-7-9-17-25(20)35-26(21)23;1-3-5-11-19(4-2)18-34-29-31-27(20-12-6-8-15-23(20)33)30-28(32-29)22-14-10-17-25-26(22)21-13-7-9-16-24(21)35-25/h6-9,11-19,21,37H,3-5,10,20H2,1-2H3;2*6-10,12-17,19,33H,3-5,11,18H2,1-2H3. The first-order chi connectivity index (χ1) is 53.5. The summed E-state index contributed by atoms with van der Waals surface area (Å²) in [6, 6.07) is 68.1. The molecule has 3 atom stereocenters. The van der Waals surface area contributed by atoms with Gasteiger partial charge >= 0.3 is 18.0 Å². The summed E-state index contributed by atoms with van der Waals surface area (Å²) in [6.07, 6.45) is 13.4. The lowest BCUT2D eigenvalue weighted by molar-refractivity contribution is 0.217. The van der Waals surface area contributed by atoms with Crippen molar-refractivity contribution in [3.63, 3.8) is 0 Å². The Kier molecular flexibility index (Phi) is 23.3. The van der Waals surface area contributed by atoms with Crippen molar-refractivity contribution >= 4 is 76.6 Å². The van der Waals surface area contributed by atoms with Crippen LogP contribution >= 0.6 is 0 Å². The van der Waals surface area contributed by atoms with E-state index in [1.165, 1.54) is 19.3 Å². The predicted molar refractivity (Wildman–Crippen MR) is 433 cm³/mol. The highest BCUT2D eigenvalue weighted by molar-refractivity contribution is 6.13. The molecular formula is C91H89N9O9. The second kappa shape index (κ2) is 34.5. The first-order valence-corrected chi connectivity index (χ1v) is 38.2. The van der Waals surface area contributed by atoms with Crippen LogP contribution in [0.5, 0.6) is 35.3 Å². The van der Waals surface area contributed by atoms with E-state index in [-0.39, 0.29) is 35.3 Å². The smallest absolute Gasteiger partial charge is 0.320 e. The topological polar surface area (TPSA) is 244 Å². The van der Waals surface area contributed by atoms with Crippen LogP contribution in [0.15, 0.2) is 226 Å². The lowest BCUT2D eigenvalue weighted by Crippen LogP contribution is -2.13. The highest BCUT2D eigenvalue weighted by Crippen LogP contribution is 2.41. The molecule has 0 saturated heterocycles. The van der Waals surface area contributed by atoms with Gasteiger partial charge in [-0.1, -0.05) is 221 Å². The van der Waals surface area contributed by atoms with E-state index in [1.807, 2.05) is 127 Å². The van der Waals surface area contributed by atoms with Gasteiger partial charge in [0.05, 0.1) is 42.1 Å². The van der Waals surface area contributed by atoms with Crippen molar-refractivity contribution in [3.05, 3.63) is 212 Å². The highest BCUT2D eigenvalue weighted by Gasteiger charge is 2.24. The molecule has 109 heavy (non-hydrogen) atoms. The molecular weight excluding hydrogens is 1360 g/mol. The number of ether oxygens (including phenoxy) is 3. The van der Waals surface area contributed by atoms with Crippen molar-refractivity contribution in [2.24, 2.45) is 17.8 Å². The van der Waals surface area contributed by atoms with Gasteiger partial charge in [-0.15, -0.1) is 0 Å².